The molecule has 0 amide bonds. The van der Waals surface area contributed by atoms with E-state index in [1.54, 1.807) is 6.20 Å². The molecule has 4 nitrogen and oxygen atoms in total. The predicted molar refractivity (Wildman–Crippen MR) is 76.1 cm³/mol. The number of aromatic nitrogens is 2. The van der Waals surface area contributed by atoms with E-state index in [4.69, 9.17) is 10.5 Å². The predicted octanol–water partition coefficient (Wildman–Crippen LogP) is 2.24. The van der Waals surface area contributed by atoms with Gasteiger partial charge in [-0.1, -0.05) is 19.1 Å². The molecular formula is C15H21N3O. The van der Waals surface area contributed by atoms with Crippen LogP contribution in [0, 0.1) is 0 Å². The second kappa shape index (κ2) is 6.95. The molecule has 1 aromatic carbocycles. The lowest BCUT2D eigenvalue weighted by Gasteiger charge is -2.11. The molecule has 1 unspecified atom stereocenters. The lowest BCUT2D eigenvalue weighted by molar-refractivity contribution is 0.291. The fraction of sp³-hybridized carbons (Fsp3) is 0.400. The van der Waals surface area contributed by atoms with E-state index in [0.29, 0.717) is 6.61 Å². The minimum atomic E-state index is 0.222. The van der Waals surface area contributed by atoms with Crippen molar-refractivity contribution in [2.24, 2.45) is 5.73 Å². The van der Waals surface area contributed by atoms with Crippen LogP contribution >= 0.6 is 0 Å². The van der Waals surface area contributed by atoms with Crippen molar-refractivity contribution in [2.45, 2.75) is 32.4 Å². The first-order chi connectivity index (χ1) is 9.28. The molecule has 1 atom stereocenters. The van der Waals surface area contributed by atoms with Gasteiger partial charge in [0.05, 0.1) is 6.54 Å². The van der Waals surface area contributed by atoms with Crippen molar-refractivity contribution in [3.8, 4) is 5.75 Å². The number of nitrogens with two attached hydrogens (primary N) is 1. The van der Waals surface area contributed by atoms with Gasteiger partial charge in [0.15, 0.2) is 0 Å². The van der Waals surface area contributed by atoms with Crippen LogP contribution in [0.25, 0.3) is 0 Å². The summed E-state index contributed by atoms with van der Waals surface area (Å²) < 4.78 is 7.59. The van der Waals surface area contributed by atoms with Gasteiger partial charge < -0.3 is 10.5 Å². The van der Waals surface area contributed by atoms with E-state index in [-0.39, 0.29) is 6.04 Å². The minimum Gasteiger partial charge on any atom is -0.492 e. The maximum atomic E-state index is 5.97. The fourth-order valence-corrected chi connectivity index (χ4v) is 1.90. The minimum absolute atomic E-state index is 0.222. The van der Waals surface area contributed by atoms with Gasteiger partial charge in [-0.05, 0) is 36.6 Å². The number of benzene rings is 1. The Balaban J connectivity index is 1.84. The summed E-state index contributed by atoms with van der Waals surface area (Å²) in [5.74, 6) is 0.896. The van der Waals surface area contributed by atoms with Crippen LogP contribution in [0.1, 0.15) is 18.9 Å². The van der Waals surface area contributed by atoms with Crippen molar-refractivity contribution in [3.63, 3.8) is 0 Å². The lowest BCUT2D eigenvalue weighted by Crippen LogP contribution is -2.21. The lowest BCUT2D eigenvalue weighted by atomic mass is 10.0. The van der Waals surface area contributed by atoms with E-state index in [1.165, 1.54) is 5.56 Å². The molecule has 0 aliphatic rings. The van der Waals surface area contributed by atoms with Crippen molar-refractivity contribution in [1.82, 2.24) is 9.78 Å². The van der Waals surface area contributed by atoms with Crippen LogP contribution in [0.3, 0.4) is 0 Å². The molecule has 0 bridgehead atoms. The summed E-state index contributed by atoms with van der Waals surface area (Å²) in [5.41, 5.74) is 7.19. The second-order valence-electron chi connectivity index (χ2n) is 4.64. The van der Waals surface area contributed by atoms with Crippen molar-refractivity contribution in [1.29, 1.82) is 0 Å². The highest BCUT2D eigenvalue weighted by molar-refractivity contribution is 5.29. The van der Waals surface area contributed by atoms with E-state index in [9.17, 15) is 0 Å². The van der Waals surface area contributed by atoms with E-state index in [2.05, 4.69) is 24.2 Å². The molecule has 0 radical (unpaired) electrons. The smallest absolute Gasteiger partial charge is 0.119 e. The molecule has 0 saturated heterocycles. The normalized spacial score (nSPS) is 12.3. The molecule has 0 aliphatic carbocycles. The van der Waals surface area contributed by atoms with Gasteiger partial charge in [-0.2, -0.15) is 5.10 Å². The summed E-state index contributed by atoms with van der Waals surface area (Å²) in [5, 5.41) is 4.14. The van der Waals surface area contributed by atoms with Gasteiger partial charge in [-0.15, -0.1) is 0 Å². The van der Waals surface area contributed by atoms with Crippen molar-refractivity contribution in [2.75, 3.05) is 6.61 Å². The molecule has 1 aromatic heterocycles. The maximum Gasteiger partial charge on any atom is 0.119 e. The zero-order valence-electron chi connectivity index (χ0n) is 11.3. The highest BCUT2D eigenvalue weighted by Crippen LogP contribution is 2.15. The first kappa shape index (κ1) is 13.6. The molecule has 2 N–H and O–H groups in total. The van der Waals surface area contributed by atoms with Gasteiger partial charge in [-0.3, -0.25) is 4.68 Å². The largest absolute Gasteiger partial charge is 0.492 e. The molecular weight excluding hydrogens is 238 g/mol. The maximum absolute atomic E-state index is 5.97. The Bertz CT molecular complexity index is 482. The molecule has 4 heteroatoms. The van der Waals surface area contributed by atoms with E-state index >= 15 is 0 Å². The first-order valence-corrected chi connectivity index (χ1v) is 6.72. The van der Waals surface area contributed by atoms with Gasteiger partial charge >= 0.3 is 0 Å². The fourth-order valence-electron chi connectivity index (χ4n) is 1.90. The second-order valence-corrected chi connectivity index (χ2v) is 4.64. The van der Waals surface area contributed by atoms with Crippen LogP contribution in [0.4, 0.5) is 0 Å². The van der Waals surface area contributed by atoms with E-state index in [1.807, 2.05) is 29.1 Å². The zero-order valence-corrected chi connectivity index (χ0v) is 11.3. The highest BCUT2D eigenvalue weighted by Gasteiger charge is 2.03. The molecule has 0 saturated carbocycles. The van der Waals surface area contributed by atoms with Crippen LogP contribution in [0.5, 0.6) is 5.75 Å². The van der Waals surface area contributed by atoms with Gasteiger partial charge in [0.1, 0.15) is 12.4 Å². The summed E-state index contributed by atoms with van der Waals surface area (Å²) in [6.45, 7) is 3.48. The van der Waals surface area contributed by atoms with Gasteiger partial charge in [0.2, 0.25) is 0 Å². The van der Waals surface area contributed by atoms with Crippen LogP contribution < -0.4 is 10.5 Å². The summed E-state index contributed by atoms with van der Waals surface area (Å²) in [7, 11) is 0. The molecule has 0 spiro atoms. The van der Waals surface area contributed by atoms with Crippen molar-refractivity contribution < 1.29 is 4.74 Å². The Hall–Kier alpha value is -1.81. The number of nitrogens with zero attached hydrogens (tertiary/aromatic N) is 2. The average molecular weight is 259 g/mol. The third-order valence-corrected chi connectivity index (χ3v) is 3.07. The van der Waals surface area contributed by atoms with Gasteiger partial charge in [-0.25, -0.2) is 0 Å². The molecule has 0 aliphatic heterocycles. The Morgan fingerprint density at radius 1 is 1.37 bits per heavy atom. The highest BCUT2D eigenvalue weighted by atomic mass is 16.5. The summed E-state index contributed by atoms with van der Waals surface area (Å²) in [6, 6.07) is 10.3. The number of ether oxygens (including phenoxy) is 1. The molecule has 19 heavy (non-hydrogen) atoms. The zero-order chi connectivity index (χ0) is 13.5. The third-order valence-electron chi connectivity index (χ3n) is 3.07. The Kier molecular flexibility index (Phi) is 4.98. The molecule has 1 heterocycles. The van der Waals surface area contributed by atoms with Crippen LogP contribution in [-0.2, 0) is 13.0 Å². The van der Waals surface area contributed by atoms with Crippen molar-refractivity contribution >= 4 is 0 Å². The molecule has 0 fully saturated rings. The van der Waals surface area contributed by atoms with Crippen molar-refractivity contribution in [3.05, 3.63) is 48.3 Å². The summed E-state index contributed by atoms with van der Waals surface area (Å²) in [4.78, 5) is 0. The standard InChI is InChI=1S/C15H21N3O/c1-2-14(16)11-13-5-3-6-15(12-13)19-10-9-18-8-4-7-17-18/h3-8,12,14H,2,9-11,16H2,1H3. The monoisotopic (exact) mass is 259 g/mol. The third kappa shape index (κ3) is 4.41. The van der Waals surface area contributed by atoms with Gasteiger partial charge in [0.25, 0.3) is 0 Å². The SMILES string of the molecule is CCC(N)Cc1cccc(OCCn2cccn2)c1. The quantitative estimate of drug-likeness (QED) is 0.829. The van der Waals surface area contributed by atoms with Crippen LogP contribution in [0.15, 0.2) is 42.7 Å². The number of hydrogen-bond acceptors (Lipinski definition) is 3. The Morgan fingerprint density at radius 3 is 3.00 bits per heavy atom. The van der Waals surface area contributed by atoms with Gasteiger partial charge in [0, 0.05) is 18.4 Å². The number of hydrogen-bond donors (Lipinski definition) is 1. The van der Waals surface area contributed by atoms with E-state index < -0.39 is 0 Å². The molecule has 2 rings (SSSR count). The molecule has 2 aromatic rings. The Labute approximate surface area is 114 Å². The number of rotatable bonds is 7. The van der Waals surface area contributed by atoms with E-state index in [0.717, 1.165) is 25.1 Å². The Morgan fingerprint density at radius 2 is 2.26 bits per heavy atom. The van der Waals surface area contributed by atoms with Crippen LogP contribution in [0.2, 0.25) is 0 Å². The average Bonchev–Trinajstić information content (AvgIpc) is 2.92. The summed E-state index contributed by atoms with van der Waals surface area (Å²) >= 11 is 0. The topological polar surface area (TPSA) is 53.1 Å². The van der Waals surface area contributed by atoms with Crippen LogP contribution in [-0.4, -0.2) is 22.4 Å². The summed E-state index contributed by atoms with van der Waals surface area (Å²) in [6.07, 6.45) is 5.59. The molecule has 102 valence electrons. The first-order valence-electron chi connectivity index (χ1n) is 6.72.